The van der Waals surface area contributed by atoms with E-state index in [-0.39, 0.29) is 11.1 Å². The fourth-order valence-corrected chi connectivity index (χ4v) is 2.62. The Bertz CT molecular complexity index is 799. The second kappa shape index (κ2) is 6.90. The second-order valence-electron chi connectivity index (χ2n) is 5.60. The summed E-state index contributed by atoms with van der Waals surface area (Å²) in [5, 5.41) is 6.58. The molecule has 7 heteroatoms. The van der Waals surface area contributed by atoms with Crippen molar-refractivity contribution in [2.24, 2.45) is 7.05 Å². The standard InChI is InChI=1S/C17H19F2N3O2/c1-5-14(12-8-11(18)6-7-13(12)19)20-17(24)16(23)15-9(2)21-22(4)10(15)3/h6-8,14H,5H2,1-4H3,(H,20,24)/t14-/m1/s1. The van der Waals surface area contributed by atoms with Crippen molar-refractivity contribution in [3.05, 3.63) is 52.3 Å². The van der Waals surface area contributed by atoms with Crippen molar-refractivity contribution in [3.8, 4) is 0 Å². The summed E-state index contributed by atoms with van der Waals surface area (Å²) in [6.45, 7) is 5.03. The van der Waals surface area contributed by atoms with Crippen LogP contribution in [-0.2, 0) is 11.8 Å². The molecule has 2 rings (SSSR count). The molecule has 128 valence electrons. The fraction of sp³-hybridized carbons (Fsp3) is 0.353. The normalized spacial score (nSPS) is 12.1. The molecule has 0 aliphatic rings. The van der Waals surface area contributed by atoms with E-state index in [1.807, 2.05) is 0 Å². The molecule has 1 aromatic carbocycles. The zero-order valence-corrected chi connectivity index (χ0v) is 14.0. The first-order valence-electron chi connectivity index (χ1n) is 7.56. The average Bonchev–Trinajstić information content (AvgIpc) is 2.79. The van der Waals surface area contributed by atoms with Gasteiger partial charge in [-0.15, -0.1) is 0 Å². The number of nitrogens with zero attached hydrogens (tertiary/aromatic N) is 2. The molecule has 2 aromatic rings. The monoisotopic (exact) mass is 335 g/mol. The summed E-state index contributed by atoms with van der Waals surface area (Å²) in [6.07, 6.45) is 0.310. The lowest BCUT2D eigenvalue weighted by Gasteiger charge is -2.18. The second-order valence-corrected chi connectivity index (χ2v) is 5.60. The van der Waals surface area contributed by atoms with Gasteiger partial charge in [-0.1, -0.05) is 6.92 Å². The molecule has 1 atom stereocenters. The van der Waals surface area contributed by atoms with E-state index in [4.69, 9.17) is 0 Å². The Labute approximate surface area is 138 Å². The molecule has 1 amide bonds. The average molecular weight is 335 g/mol. The van der Waals surface area contributed by atoms with Crippen LogP contribution in [0.25, 0.3) is 0 Å². The maximum Gasteiger partial charge on any atom is 0.293 e. The van der Waals surface area contributed by atoms with Crippen LogP contribution in [0.5, 0.6) is 0 Å². The number of hydrogen-bond donors (Lipinski definition) is 1. The number of nitrogens with one attached hydrogen (secondary N) is 1. The summed E-state index contributed by atoms with van der Waals surface area (Å²) in [6, 6.07) is 2.22. The highest BCUT2D eigenvalue weighted by molar-refractivity contribution is 6.43. The molecule has 5 nitrogen and oxygen atoms in total. The highest BCUT2D eigenvalue weighted by Crippen LogP contribution is 2.22. The van der Waals surface area contributed by atoms with Gasteiger partial charge in [0.15, 0.2) is 0 Å². The highest BCUT2D eigenvalue weighted by Gasteiger charge is 2.26. The molecule has 0 saturated heterocycles. The van der Waals surface area contributed by atoms with Crippen molar-refractivity contribution in [3.63, 3.8) is 0 Å². The maximum absolute atomic E-state index is 13.9. The fourth-order valence-electron chi connectivity index (χ4n) is 2.62. The minimum Gasteiger partial charge on any atom is -0.342 e. The Morgan fingerprint density at radius 2 is 1.96 bits per heavy atom. The predicted octanol–water partition coefficient (Wildman–Crippen LogP) is 2.77. The van der Waals surface area contributed by atoms with Crippen LogP contribution in [0.4, 0.5) is 8.78 Å². The SMILES string of the molecule is CC[C@@H](NC(=O)C(=O)c1c(C)nn(C)c1C)c1cc(F)ccc1F. The molecule has 0 aliphatic carbocycles. The molecule has 0 spiro atoms. The summed E-state index contributed by atoms with van der Waals surface area (Å²) in [4.78, 5) is 24.7. The Balaban J connectivity index is 2.26. The Kier molecular flexibility index (Phi) is 5.11. The van der Waals surface area contributed by atoms with Gasteiger partial charge in [-0.05, 0) is 38.5 Å². The summed E-state index contributed by atoms with van der Waals surface area (Å²) in [5.41, 5.74) is 1.25. The number of amides is 1. The molecule has 1 N–H and O–H groups in total. The first-order chi connectivity index (χ1) is 11.3. The van der Waals surface area contributed by atoms with Crippen molar-refractivity contribution in [2.45, 2.75) is 33.2 Å². The Morgan fingerprint density at radius 3 is 2.50 bits per heavy atom. The summed E-state index contributed by atoms with van der Waals surface area (Å²) in [7, 11) is 1.67. The minimum atomic E-state index is -0.871. The van der Waals surface area contributed by atoms with Crippen molar-refractivity contribution >= 4 is 11.7 Å². The van der Waals surface area contributed by atoms with Gasteiger partial charge in [-0.2, -0.15) is 5.10 Å². The van der Waals surface area contributed by atoms with Crippen molar-refractivity contribution in [1.29, 1.82) is 0 Å². The molecule has 1 heterocycles. The van der Waals surface area contributed by atoms with Gasteiger partial charge in [0.2, 0.25) is 0 Å². The first-order valence-corrected chi connectivity index (χ1v) is 7.56. The van der Waals surface area contributed by atoms with E-state index in [2.05, 4.69) is 10.4 Å². The molecule has 0 radical (unpaired) electrons. The number of carbonyl (C=O) groups excluding carboxylic acids is 2. The Hall–Kier alpha value is -2.57. The quantitative estimate of drug-likeness (QED) is 0.675. The third kappa shape index (κ3) is 3.34. The van der Waals surface area contributed by atoms with E-state index in [9.17, 15) is 18.4 Å². The number of carbonyl (C=O) groups is 2. The molecule has 24 heavy (non-hydrogen) atoms. The van der Waals surface area contributed by atoms with Crippen molar-refractivity contribution in [1.82, 2.24) is 15.1 Å². The molecular formula is C17H19F2N3O2. The van der Waals surface area contributed by atoms with Crippen molar-refractivity contribution < 1.29 is 18.4 Å². The molecule has 0 saturated carbocycles. The van der Waals surface area contributed by atoms with E-state index in [0.29, 0.717) is 17.8 Å². The first kappa shape index (κ1) is 17.8. The number of aryl methyl sites for hydroxylation is 2. The molecule has 0 fully saturated rings. The highest BCUT2D eigenvalue weighted by atomic mass is 19.1. The third-order valence-electron chi connectivity index (χ3n) is 3.99. The van der Waals surface area contributed by atoms with Gasteiger partial charge in [0.05, 0.1) is 17.3 Å². The Morgan fingerprint density at radius 1 is 1.29 bits per heavy atom. The van der Waals surface area contributed by atoms with Crippen LogP contribution in [0.2, 0.25) is 0 Å². The molecule has 0 unspecified atom stereocenters. The van der Waals surface area contributed by atoms with E-state index in [1.165, 1.54) is 4.68 Å². The summed E-state index contributed by atoms with van der Waals surface area (Å²) >= 11 is 0. The summed E-state index contributed by atoms with van der Waals surface area (Å²) in [5.74, 6) is -2.85. The van der Waals surface area contributed by atoms with Crippen LogP contribution in [0.15, 0.2) is 18.2 Å². The number of Topliss-reactive ketones (excluding diaryl/α,β-unsaturated/α-hetero) is 1. The lowest BCUT2D eigenvalue weighted by molar-refractivity contribution is -0.117. The number of aromatic nitrogens is 2. The molecular weight excluding hydrogens is 316 g/mol. The van der Waals surface area contributed by atoms with Gasteiger partial charge in [0, 0.05) is 18.3 Å². The molecule has 1 aromatic heterocycles. The van der Waals surface area contributed by atoms with Crippen LogP contribution >= 0.6 is 0 Å². The zero-order chi connectivity index (χ0) is 18.0. The van der Waals surface area contributed by atoms with Crippen LogP contribution < -0.4 is 5.32 Å². The van der Waals surface area contributed by atoms with Crippen molar-refractivity contribution in [2.75, 3.05) is 0 Å². The lowest BCUT2D eigenvalue weighted by atomic mass is 10.0. The van der Waals surface area contributed by atoms with Gasteiger partial charge in [-0.3, -0.25) is 14.3 Å². The lowest BCUT2D eigenvalue weighted by Crippen LogP contribution is -2.35. The van der Waals surface area contributed by atoms with Gasteiger partial charge < -0.3 is 5.32 Å². The van der Waals surface area contributed by atoms with E-state index < -0.39 is 29.4 Å². The molecule has 0 bridgehead atoms. The summed E-state index contributed by atoms with van der Waals surface area (Å²) < 4.78 is 28.8. The van der Waals surface area contributed by atoms with Crippen LogP contribution in [0.1, 0.15) is 46.7 Å². The van der Waals surface area contributed by atoms with Crippen LogP contribution in [-0.4, -0.2) is 21.5 Å². The van der Waals surface area contributed by atoms with E-state index >= 15 is 0 Å². The van der Waals surface area contributed by atoms with Gasteiger partial charge in [0.1, 0.15) is 11.6 Å². The minimum absolute atomic E-state index is 0.0123. The number of benzene rings is 1. The van der Waals surface area contributed by atoms with E-state index in [0.717, 1.165) is 18.2 Å². The van der Waals surface area contributed by atoms with Crippen LogP contribution in [0, 0.1) is 25.5 Å². The number of rotatable bonds is 5. The maximum atomic E-state index is 13.9. The van der Waals surface area contributed by atoms with Gasteiger partial charge in [0.25, 0.3) is 11.7 Å². The van der Waals surface area contributed by atoms with E-state index in [1.54, 1.807) is 27.8 Å². The van der Waals surface area contributed by atoms with Gasteiger partial charge >= 0.3 is 0 Å². The smallest absolute Gasteiger partial charge is 0.293 e. The molecule has 0 aliphatic heterocycles. The van der Waals surface area contributed by atoms with Gasteiger partial charge in [-0.25, -0.2) is 8.78 Å². The third-order valence-corrected chi connectivity index (χ3v) is 3.99. The predicted molar refractivity (Wildman–Crippen MR) is 84.5 cm³/mol. The number of hydrogen-bond acceptors (Lipinski definition) is 3. The van der Waals surface area contributed by atoms with Crippen LogP contribution in [0.3, 0.4) is 0 Å². The number of ketones is 1. The zero-order valence-electron chi connectivity index (χ0n) is 14.0. The topological polar surface area (TPSA) is 64.0 Å². The number of halogens is 2. The largest absolute Gasteiger partial charge is 0.342 e.